The van der Waals surface area contributed by atoms with Crippen LogP contribution in [0.1, 0.15) is 65.7 Å². The van der Waals surface area contributed by atoms with Crippen molar-refractivity contribution in [3.63, 3.8) is 0 Å². The summed E-state index contributed by atoms with van der Waals surface area (Å²) in [5, 5.41) is 4.07. The van der Waals surface area contributed by atoms with Crippen molar-refractivity contribution in [1.29, 1.82) is 0 Å². The SMILES string of the molecule is CC1CC(NC(C2CC2)C2CC2)CC(C)(C)C1. The molecule has 2 unspecified atom stereocenters. The van der Waals surface area contributed by atoms with Crippen molar-refractivity contribution in [2.75, 3.05) is 0 Å². The van der Waals surface area contributed by atoms with Crippen molar-refractivity contribution in [1.82, 2.24) is 5.32 Å². The van der Waals surface area contributed by atoms with Gasteiger partial charge in [0.05, 0.1) is 0 Å². The molecule has 98 valence electrons. The van der Waals surface area contributed by atoms with Gasteiger partial charge in [0.2, 0.25) is 0 Å². The van der Waals surface area contributed by atoms with Crippen LogP contribution in [0, 0.1) is 23.2 Å². The molecule has 1 nitrogen and oxygen atoms in total. The first-order valence-electron chi connectivity index (χ1n) is 7.79. The van der Waals surface area contributed by atoms with Gasteiger partial charge in [0, 0.05) is 12.1 Å². The van der Waals surface area contributed by atoms with Gasteiger partial charge in [0.15, 0.2) is 0 Å². The Labute approximate surface area is 107 Å². The summed E-state index contributed by atoms with van der Waals surface area (Å²) in [6, 6.07) is 1.70. The fraction of sp³-hybridized carbons (Fsp3) is 1.00. The first-order chi connectivity index (χ1) is 8.03. The third-order valence-corrected chi connectivity index (χ3v) is 5.07. The van der Waals surface area contributed by atoms with Gasteiger partial charge in [0.25, 0.3) is 0 Å². The van der Waals surface area contributed by atoms with Gasteiger partial charge in [-0.1, -0.05) is 20.8 Å². The lowest BCUT2D eigenvalue weighted by molar-refractivity contribution is 0.139. The molecule has 3 aliphatic carbocycles. The van der Waals surface area contributed by atoms with Crippen LogP contribution in [0.15, 0.2) is 0 Å². The minimum atomic E-state index is 0.562. The van der Waals surface area contributed by atoms with Crippen molar-refractivity contribution in [2.24, 2.45) is 23.2 Å². The monoisotopic (exact) mass is 235 g/mol. The van der Waals surface area contributed by atoms with E-state index in [-0.39, 0.29) is 0 Å². The van der Waals surface area contributed by atoms with Crippen molar-refractivity contribution in [2.45, 2.75) is 77.8 Å². The van der Waals surface area contributed by atoms with E-state index in [0.717, 1.165) is 29.8 Å². The normalized spacial score (nSPS) is 37.4. The quantitative estimate of drug-likeness (QED) is 0.777. The van der Waals surface area contributed by atoms with Crippen LogP contribution < -0.4 is 5.32 Å². The number of nitrogens with one attached hydrogen (secondary N) is 1. The standard InChI is InChI=1S/C16H29N/c1-11-8-14(10-16(2,3)9-11)17-15(12-4-5-12)13-6-7-13/h11-15,17H,4-10H2,1-3H3. The first-order valence-corrected chi connectivity index (χ1v) is 7.79. The molecule has 3 fully saturated rings. The van der Waals surface area contributed by atoms with E-state index in [9.17, 15) is 0 Å². The van der Waals surface area contributed by atoms with E-state index in [0.29, 0.717) is 5.41 Å². The van der Waals surface area contributed by atoms with Crippen LogP contribution >= 0.6 is 0 Å². The van der Waals surface area contributed by atoms with Crippen molar-refractivity contribution >= 4 is 0 Å². The summed E-state index contributed by atoms with van der Waals surface area (Å²) in [5.74, 6) is 3.00. The van der Waals surface area contributed by atoms with Gasteiger partial charge in [-0.2, -0.15) is 0 Å². The Bertz CT molecular complexity index is 263. The summed E-state index contributed by atoms with van der Waals surface area (Å²) in [7, 11) is 0. The third kappa shape index (κ3) is 3.05. The zero-order valence-corrected chi connectivity index (χ0v) is 11.8. The van der Waals surface area contributed by atoms with E-state index in [2.05, 4.69) is 26.1 Å². The molecule has 1 heteroatoms. The molecular formula is C16H29N. The van der Waals surface area contributed by atoms with E-state index in [1.807, 2.05) is 0 Å². The molecular weight excluding hydrogens is 206 g/mol. The predicted octanol–water partition coefficient (Wildman–Crippen LogP) is 3.98. The average molecular weight is 235 g/mol. The maximum atomic E-state index is 4.07. The molecule has 2 atom stereocenters. The molecule has 0 saturated heterocycles. The summed E-state index contributed by atoms with van der Waals surface area (Å²) in [6.07, 6.45) is 10.2. The maximum Gasteiger partial charge on any atom is 0.0126 e. The lowest BCUT2D eigenvalue weighted by atomic mass is 9.70. The molecule has 0 aromatic rings. The van der Waals surface area contributed by atoms with Gasteiger partial charge in [0.1, 0.15) is 0 Å². The summed E-state index contributed by atoms with van der Waals surface area (Å²) in [4.78, 5) is 0. The van der Waals surface area contributed by atoms with E-state index < -0.39 is 0 Å². The van der Waals surface area contributed by atoms with Gasteiger partial charge in [-0.25, -0.2) is 0 Å². The molecule has 0 spiro atoms. The van der Waals surface area contributed by atoms with Crippen LogP contribution in [0.25, 0.3) is 0 Å². The van der Waals surface area contributed by atoms with Crippen molar-refractivity contribution in [3.05, 3.63) is 0 Å². The smallest absolute Gasteiger partial charge is 0.0126 e. The molecule has 0 amide bonds. The zero-order valence-electron chi connectivity index (χ0n) is 11.8. The van der Waals surface area contributed by atoms with Gasteiger partial charge >= 0.3 is 0 Å². The molecule has 3 saturated carbocycles. The summed E-state index contributed by atoms with van der Waals surface area (Å²) < 4.78 is 0. The van der Waals surface area contributed by atoms with E-state index in [1.165, 1.54) is 44.9 Å². The number of hydrogen-bond acceptors (Lipinski definition) is 1. The summed E-state index contributed by atoms with van der Waals surface area (Å²) in [6.45, 7) is 7.36. The Morgan fingerprint density at radius 3 is 2.06 bits per heavy atom. The molecule has 0 aromatic heterocycles. The Balaban J connectivity index is 1.59. The molecule has 17 heavy (non-hydrogen) atoms. The van der Waals surface area contributed by atoms with Gasteiger partial charge < -0.3 is 5.32 Å². The van der Waals surface area contributed by atoms with Crippen LogP contribution in [-0.4, -0.2) is 12.1 Å². The summed E-state index contributed by atoms with van der Waals surface area (Å²) in [5.41, 5.74) is 0.562. The molecule has 1 N–H and O–H groups in total. The molecule has 3 aliphatic rings. The molecule has 0 aromatic carbocycles. The molecule has 0 radical (unpaired) electrons. The summed E-state index contributed by atoms with van der Waals surface area (Å²) >= 11 is 0. The highest BCUT2D eigenvalue weighted by molar-refractivity contribution is 4.99. The second-order valence-corrected chi connectivity index (χ2v) is 7.98. The maximum absolute atomic E-state index is 4.07. The van der Waals surface area contributed by atoms with E-state index in [1.54, 1.807) is 0 Å². The van der Waals surface area contributed by atoms with Crippen LogP contribution in [0.2, 0.25) is 0 Å². The second-order valence-electron chi connectivity index (χ2n) is 7.98. The topological polar surface area (TPSA) is 12.0 Å². The van der Waals surface area contributed by atoms with Crippen LogP contribution in [0.5, 0.6) is 0 Å². The largest absolute Gasteiger partial charge is 0.311 e. The number of rotatable bonds is 4. The minimum Gasteiger partial charge on any atom is -0.311 e. The Morgan fingerprint density at radius 2 is 1.59 bits per heavy atom. The van der Waals surface area contributed by atoms with E-state index in [4.69, 9.17) is 0 Å². The van der Waals surface area contributed by atoms with Gasteiger partial charge in [-0.15, -0.1) is 0 Å². The Morgan fingerprint density at radius 1 is 1.00 bits per heavy atom. The average Bonchev–Trinajstić information content (AvgIpc) is 3.05. The number of hydrogen-bond donors (Lipinski definition) is 1. The minimum absolute atomic E-state index is 0.562. The molecule has 3 rings (SSSR count). The molecule has 0 aliphatic heterocycles. The van der Waals surface area contributed by atoms with E-state index >= 15 is 0 Å². The van der Waals surface area contributed by atoms with Gasteiger partial charge in [-0.3, -0.25) is 0 Å². The highest BCUT2D eigenvalue weighted by Gasteiger charge is 2.43. The second kappa shape index (κ2) is 4.26. The fourth-order valence-electron chi connectivity index (χ4n) is 4.31. The Hall–Kier alpha value is -0.0400. The molecule has 0 bridgehead atoms. The van der Waals surface area contributed by atoms with Crippen molar-refractivity contribution < 1.29 is 0 Å². The van der Waals surface area contributed by atoms with Crippen LogP contribution in [0.4, 0.5) is 0 Å². The highest BCUT2D eigenvalue weighted by Crippen LogP contribution is 2.46. The van der Waals surface area contributed by atoms with Gasteiger partial charge in [-0.05, 0) is 68.1 Å². The lowest BCUT2D eigenvalue weighted by Crippen LogP contribution is -2.46. The third-order valence-electron chi connectivity index (χ3n) is 5.07. The van der Waals surface area contributed by atoms with Crippen LogP contribution in [-0.2, 0) is 0 Å². The van der Waals surface area contributed by atoms with Crippen molar-refractivity contribution in [3.8, 4) is 0 Å². The predicted molar refractivity (Wildman–Crippen MR) is 73.0 cm³/mol. The highest BCUT2D eigenvalue weighted by atomic mass is 15.0. The van der Waals surface area contributed by atoms with Crippen LogP contribution in [0.3, 0.4) is 0 Å². The fourth-order valence-corrected chi connectivity index (χ4v) is 4.31. The Kier molecular flexibility index (Phi) is 3.01. The lowest BCUT2D eigenvalue weighted by Gasteiger charge is -2.41. The molecule has 0 heterocycles. The first kappa shape index (κ1) is 12.0. The zero-order chi connectivity index (χ0) is 12.0.